The topological polar surface area (TPSA) is 26.0 Å². The molecular formula is C17H17N. The van der Waals surface area contributed by atoms with E-state index in [1.165, 1.54) is 27.8 Å². The summed E-state index contributed by atoms with van der Waals surface area (Å²) in [5.74, 6) is 0.320. The minimum atomic E-state index is 0.320. The van der Waals surface area contributed by atoms with Gasteiger partial charge in [0.05, 0.1) is 0 Å². The lowest BCUT2D eigenvalue weighted by Crippen LogP contribution is -2.06. The lowest BCUT2D eigenvalue weighted by molar-refractivity contribution is 0.854. The Hall–Kier alpha value is -1.86. The average molecular weight is 235 g/mol. The molecule has 0 fully saturated rings. The maximum Gasteiger partial charge on any atom is 0.0309 e. The van der Waals surface area contributed by atoms with Crippen molar-refractivity contribution in [3.8, 4) is 11.1 Å². The quantitative estimate of drug-likeness (QED) is 0.806. The second-order valence-electron chi connectivity index (χ2n) is 4.80. The normalized spacial score (nSPS) is 13.2. The summed E-state index contributed by atoms with van der Waals surface area (Å²) in [4.78, 5) is 0. The van der Waals surface area contributed by atoms with Gasteiger partial charge in [0, 0.05) is 5.92 Å². The van der Waals surface area contributed by atoms with Gasteiger partial charge >= 0.3 is 0 Å². The molecule has 2 aromatic rings. The fraction of sp³-hybridized carbons (Fsp3) is 0.176. The van der Waals surface area contributed by atoms with E-state index in [1.807, 2.05) is 0 Å². The number of rotatable bonds is 3. The molecule has 0 aliphatic heterocycles. The van der Waals surface area contributed by atoms with Crippen molar-refractivity contribution in [2.24, 2.45) is 5.73 Å². The van der Waals surface area contributed by atoms with Gasteiger partial charge in [-0.2, -0.15) is 0 Å². The predicted molar refractivity (Wildman–Crippen MR) is 76.5 cm³/mol. The molecule has 2 aromatic carbocycles. The number of hydrogen-bond acceptors (Lipinski definition) is 1. The Morgan fingerprint density at radius 2 is 1.44 bits per heavy atom. The molecule has 0 amide bonds. The molecule has 0 heterocycles. The Labute approximate surface area is 108 Å². The average Bonchev–Trinajstić information content (AvgIpc) is 2.73. The van der Waals surface area contributed by atoms with Gasteiger partial charge in [0.15, 0.2) is 0 Å². The molecule has 1 aliphatic rings. The van der Waals surface area contributed by atoms with Gasteiger partial charge in [0.25, 0.3) is 0 Å². The second-order valence-corrected chi connectivity index (χ2v) is 4.80. The van der Waals surface area contributed by atoms with Crippen LogP contribution >= 0.6 is 0 Å². The van der Waals surface area contributed by atoms with Crippen molar-refractivity contribution in [3.05, 3.63) is 71.8 Å². The largest absolute Gasteiger partial charge is 0.330 e. The predicted octanol–water partition coefficient (Wildman–Crippen LogP) is 3.70. The minimum Gasteiger partial charge on any atom is -0.330 e. The first-order chi connectivity index (χ1) is 8.83. The van der Waals surface area contributed by atoms with E-state index in [9.17, 15) is 0 Å². The maximum atomic E-state index is 5.68. The van der Waals surface area contributed by atoms with E-state index in [0.29, 0.717) is 12.5 Å². The van der Waals surface area contributed by atoms with Gasteiger partial charge in [-0.25, -0.2) is 0 Å². The monoisotopic (exact) mass is 235 g/mol. The number of nitrogens with two attached hydrogens (primary N) is 1. The Morgan fingerprint density at radius 1 is 0.944 bits per heavy atom. The Balaban J connectivity index is 2.18. The summed E-state index contributed by atoms with van der Waals surface area (Å²) in [6, 6.07) is 17.2. The van der Waals surface area contributed by atoms with Gasteiger partial charge in [-0.05, 0) is 35.2 Å². The fourth-order valence-electron chi connectivity index (χ4n) is 2.93. The summed E-state index contributed by atoms with van der Waals surface area (Å²) in [6.07, 6.45) is 0.882. The molecule has 0 aromatic heterocycles. The SMILES string of the molecule is C=C(CCN)C1c2ccccc2-c2ccccc21. The van der Waals surface area contributed by atoms with Crippen molar-refractivity contribution in [3.63, 3.8) is 0 Å². The van der Waals surface area contributed by atoms with Crippen LogP contribution in [0.5, 0.6) is 0 Å². The van der Waals surface area contributed by atoms with E-state index in [2.05, 4.69) is 55.1 Å². The summed E-state index contributed by atoms with van der Waals surface area (Å²) in [7, 11) is 0. The van der Waals surface area contributed by atoms with Crippen molar-refractivity contribution in [1.82, 2.24) is 0 Å². The third-order valence-corrected chi connectivity index (χ3v) is 3.71. The molecule has 0 atom stereocenters. The molecular weight excluding hydrogens is 218 g/mol. The van der Waals surface area contributed by atoms with Gasteiger partial charge in [-0.15, -0.1) is 0 Å². The van der Waals surface area contributed by atoms with E-state index in [-0.39, 0.29) is 0 Å². The first-order valence-corrected chi connectivity index (χ1v) is 6.39. The molecule has 3 rings (SSSR count). The van der Waals surface area contributed by atoms with E-state index in [1.54, 1.807) is 0 Å². The fourth-order valence-corrected chi connectivity index (χ4v) is 2.93. The Kier molecular flexibility index (Phi) is 2.77. The molecule has 0 saturated carbocycles. The van der Waals surface area contributed by atoms with Gasteiger partial charge in [0.2, 0.25) is 0 Å². The summed E-state index contributed by atoms with van der Waals surface area (Å²) in [5.41, 5.74) is 12.3. The van der Waals surface area contributed by atoms with Crippen LogP contribution in [0.1, 0.15) is 23.5 Å². The molecule has 1 nitrogen and oxygen atoms in total. The lowest BCUT2D eigenvalue weighted by atomic mass is 9.88. The van der Waals surface area contributed by atoms with Crippen molar-refractivity contribution in [2.45, 2.75) is 12.3 Å². The lowest BCUT2D eigenvalue weighted by Gasteiger charge is -2.16. The number of benzene rings is 2. The third-order valence-electron chi connectivity index (χ3n) is 3.71. The smallest absolute Gasteiger partial charge is 0.0309 e. The molecule has 0 spiro atoms. The van der Waals surface area contributed by atoms with E-state index >= 15 is 0 Å². The number of hydrogen-bond donors (Lipinski definition) is 1. The van der Waals surface area contributed by atoms with Gasteiger partial charge < -0.3 is 5.73 Å². The summed E-state index contributed by atoms with van der Waals surface area (Å²) < 4.78 is 0. The van der Waals surface area contributed by atoms with Crippen molar-refractivity contribution in [2.75, 3.05) is 6.54 Å². The zero-order valence-electron chi connectivity index (χ0n) is 10.4. The standard InChI is InChI=1S/C17H17N/c1-12(10-11-18)17-15-8-4-2-6-13(15)14-7-3-5-9-16(14)17/h2-9,17H,1,10-11,18H2. The van der Waals surface area contributed by atoms with E-state index in [0.717, 1.165) is 6.42 Å². The Bertz CT molecular complexity index is 553. The third kappa shape index (κ3) is 1.59. The molecule has 18 heavy (non-hydrogen) atoms. The van der Waals surface area contributed by atoms with Crippen LogP contribution < -0.4 is 5.73 Å². The van der Waals surface area contributed by atoms with E-state index < -0.39 is 0 Å². The first kappa shape index (κ1) is 11.2. The van der Waals surface area contributed by atoms with E-state index in [4.69, 9.17) is 5.73 Å². The van der Waals surface area contributed by atoms with Crippen LogP contribution in [0, 0.1) is 0 Å². The van der Waals surface area contributed by atoms with Crippen LogP contribution in [0.3, 0.4) is 0 Å². The van der Waals surface area contributed by atoms with Crippen LogP contribution in [0.4, 0.5) is 0 Å². The molecule has 0 bridgehead atoms. The highest BCUT2D eigenvalue weighted by molar-refractivity contribution is 5.80. The van der Waals surface area contributed by atoms with Crippen molar-refractivity contribution in [1.29, 1.82) is 0 Å². The highest BCUT2D eigenvalue weighted by atomic mass is 14.5. The van der Waals surface area contributed by atoms with Crippen molar-refractivity contribution < 1.29 is 0 Å². The van der Waals surface area contributed by atoms with Crippen LogP contribution in [0.25, 0.3) is 11.1 Å². The van der Waals surface area contributed by atoms with Crippen LogP contribution in [-0.4, -0.2) is 6.54 Å². The summed E-state index contributed by atoms with van der Waals surface area (Å²) in [5, 5.41) is 0. The molecule has 1 aliphatic carbocycles. The van der Waals surface area contributed by atoms with Crippen LogP contribution in [0.15, 0.2) is 60.7 Å². The molecule has 0 saturated heterocycles. The second kappa shape index (κ2) is 4.43. The number of fused-ring (bicyclic) bond motifs is 3. The highest BCUT2D eigenvalue weighted by Crippen LogP contribution is 2.47. The van der Waals surface area contributed by atoms with Gasteiger partial charge in [0.1, 0.15) is 0 Å². The zero-order valence-corrected chi connectivity index (χ0v) is 10.4. The Morgan fingerprint density at radius 3 is 1.94 bits per heavy atom. The zero-order chi connectivity index (χ0) is 12.5. The first-order valence-electron chi connectivity index (χ1n) is 6.39. The molecule has 0 unspecified atom stereocenters. The summed E-state index contributed by atoms with van der Waals surface area (Å²) in [6.45, 7) is 4.91. The van der Waals surface area contributed by atoms with Gasteiger partial charge in [-0.3, -0.25) is 0 Å². The molecule has 90 valence electrons. The van der Waals surface area contributed by atoms with Crippen LogP contribution in [0.2, 0.25) is 0 Å². The maximum absolute atomic E-state index is 5.68. The summed E-state index contributed by atoms with van der Waals surface area (Å²) >= 11 is 0. The minimum absolute atomic E-state index is 0.320. The molecule has 2 N–H and O–H groups in total. The highest BCUT2D eigenvalue weighted by Gasteiger charge is 2.29. The molecule has 1 heteroatoms. The molecule has 0 radical (unpaired) electrons. The van der Waals surface area contributed by atoms with Crippen LogP contribution in [-0.2, 0) is 0 Å². The van der Waals surface area contributed by atoms with Gasteiger partial charge in [-0.1, -0.05) is 60.7 Å². The van der Waals surface area contributed by atoms with Crippen molar-refractivity contribution >= 4 is 0 Å².